The highest BCUT2D eigenvalue weighted by Gasteiger charge is 2.14. The van der Waals surface area contributed by atoms with Crippen molar-refractivity contribution in [2.24, 2.45) is 0 Å². The molecule has 0 fully saturated rings. The van der Waals surface area contributed by atoms with Crippen LogP contribution in [0.15, 0.2) is 72.8 Å². The van der Waals surface area contributed by atoms with Crippen LogP contribution in [0.3, 0.4) is 0 Å². The van der Waals surface area contributed by atoms with Crippen LogP contribution in [0.2, 0.25) is 0 Å². The largest absolute Gasteiger partial charge is 0.0617 e. The first-order valence-corrected chi connectivity index (χ1v) is 11.2. The van der Waals surface area contributed by atoms with Gasteiger partial charge in [-0.3, -0.25) is 0 Å². The second-order valence-electron chi connectivity index (χ2n) is 7.24. The first-order valence-electron chi connectivity index (χ1n) is 9.09. The van der Waals surface area contributed by atoms with Crippen LogP contribution in [0.1, 0.15) is 33.4 Å². The smallest absolute Gasteiger partial charge is 0.0591 e. The summed E-state index contributed by atoms with van der Waals surface area (Å²) in [5.41, 5.74) is 8.48. The number of hydrogen-bond acceptors (Lipinski definition) is 0. The molecule has 0 unspecified atom stereocenters. The van der Waals surface area contributed by atoms with Crippen molar-refractivity contribution in [1.82, 2.24) is 0 Å². The second-order valence-corrected chi connectivity index (χ2v) is 9.80. The molecule has 0 saturated carbocycles. The molecule has 25 heavy (non-hydrogen) atoms. The maximum atomic E-state index is 2.31. The van der Waals surface area contributed by atoms with Crippen molar-refractivity contribution in [3.05, 3.63) is 106 Å². The second kappa shape index (κ2) is 8.31. The molecule has 0 heterocycles. The van der Waals surface area contributed by atoms with E-state index < -0.39 is 8.80 Å². The predicted molar refractivity (Wildman–Crippen MR) is 110 cm³/mol. The van der Waals surface area contributed by atoms with Gasteiger partial charge in [-0.05, 0) is 38.9 Å². The van der Waals surface area contributed by atoms with Gasteiger partial charge in [0.15, 0.2) is 0 Å². The van der Waals surface area contributed by atoms with Gasteiger partial charge in [0.25, 0.3) is 0 Å². The zero-order valence-electron chi connectivity index (χ0n) is 15.5. The average Bonchev–Trinajstić information content (AvgIpc) is 2.61. The van der Waals surface area contributed by atoms with E-state index in [1.807, 2.05) is 0 Å². The number of benzene rings is 3. The lowest BCUT2D eigenvalue weighted by molar-refractivity contribution is 1.18. The normalized spacial score (nSPS) is 11.0. The fourth-order valence-corrected chi connectivity index (χ4v) is 5.99. The van der Waals surface area contributed by atoms with Crippen LogP contribution in [0.4, 0.5) is 0 Å². The van der Waals surface area contributed by atoms with E-state index in [-0.39, 0.29) is 0 Å². The Balaban J connectivity index is 1.77. The average molecular weight is 344 g/mol. The molecule has 0 spiro atoms. The van der Waals surface area contributed by atoms with E-state index >= 15 is 0 Å². The van der Waals surface area contributed by atoms with Crippen molar-refractivity contribution in [3.63, 3.8) is 0 Å². The van der Waals surface area contributed by atoms with Crippen molar-refractivity contribution in [2.45, 2.75) is 38.9 Å². The Kier molecular flexibility index (Phi) is 5.88. The monoisotopic (exact) mass is 343 g/mol. The lowest BCUT2D eigenvalue weighted by Crippen LogP contribution is -2.24. The highest BCUT2D eigenvalue weighted by atomic mass is 28.3. The Morgan fingerprint density at radius 2 is 0.680 bits per heavy atom. The fourth-order valence-electron chi connectivity index (χ4n) is 3.17. The van der Waals surface area contributed by atoms with Crippen LogP contribution in [0, 0.1) is 20.8 Å². The Bertz CT molecular complexity index is 670. The lowest BCUT2D eigenvalue weighted by Gasteiger charge is -2.16. The van der Waals surface area contributed by atoms with Crippen molar-refractivity contribution in [2.75, 3.05) is 0 Å². The summed E-state index contributed by atoms with van der Waals surface area (Å²) in [6.45, 7) is 6.48. The first-order chi connectivity index (χ1) is 12.1. The maximum Gasteiger partial charge on any atom is 0.0617 e. The Morgan fingerprint density at radius 1 is 0.440 bits per heavy atom. The van der Waals surface area contributed by atoms with E-state index in [9.17, 15) is 0 Å². The number of hydrogen-bond donors (Lipinski definition) is 0. The summed E-state index contributed by atoms with van der Waals surface area (Å²) in [4.78, 5) is 0. The Morgan fingerprint density at radius 3 is 0.920 bits per heavy atom. The SMILES string of the molecule is Cc1ccc(C[Si](Cc2ccc(C)cc2)Cc2ccc(C)cc2)cc1. The van der Waals surface area contributed by atoms with Crippen LogP contribution in [-0.2, 0) is 18.1 Å². The molecule has 127 valence electrons. The van der Waals surface area contributed by atoms with Crippen molar-refractivity contribution in [1.29, 1.82) is 0 Å². The predicted octanol–water partition coefficient (Wildman–Crippen LogP) is 5.75. The van der Waals surface area contributed by atoms with Crippen molar-refractivity contribution in [3.8, 4) is 0 Å². The van der Waals surface area contributed by atoms with E-state index in [4.69, 9.17) is 0 Å². The van der Waals surface area contributed by atoms with Crippen LogP contribution in [-0.4, -0.2) is 8.80 Å². The third kappa shape index (κ3) is 5.44. The molecule has 0 aliphatic rings. The van der Waals surface area contributed by atoms with E-state index in [1.54, 1.807) is 0 Å². The summed E-state index contributed by atoms with van der Waals surface area (Å²) in [7, 11) is -0.540. The minimum Gasteiger partial charge on any atom is -0.0591 e. The summed E-state index contributed by atoms with van der Waals surface area (Å²) in [5.74, 6) is 0. The molecule has 0 bridgehead atoms. The number of aryl methyl sites for hydroxylation is 3. The molecule has 0 N–H and O–H groups in total. The van der Waals surface area contributed by atoms with Gasteiger partial charge in [-0.15, -0.1) is 0 Å². The molecule has 0 aliphatic heterocycles. The standard InChI is InChI=1S/C24H27Si/c1-19-4-10-22(11-5-19)16-25(17-23-12-6-20(2)7-13-23)18-24-14-8-21(3)9-15-24/h4-15H,16-18H2,1-3H3. The van der Waals surface area contributed by atoms with Gasteiger partial charge in [-0.1, -0.05) is 106 Å². The van der Waals surface area contributed by atoms with Gasteiger partial charge in [0.1, 0.15) is 0 Å². The fraction of sp³-hybridized carbons (Fsp3) is 0.250. The zero-order chi connectivity index (χ0) is 17.6. The molecule has 1 radical (unpaired) electrons. The van der Waals surface area contributed by atoms with E-state index in [1.165, 1.54) is 51.5 Å². The van der Waals surface area contributed by atoms with E-state index in [2.05, 4.69) is 93.6 Å². The summed E-state index contributed by atoms with van der Waals surface area (Å²) >= 11 is 0. The zero-order valence-corrected chi connectivity index (χ0v) is 16.5. The molecule has 0 aliphatic carbocycles. The van der Waals surface area contributed by atoms with Crippen LogP contribution in [0.5, 0.6) is 0 Å². The van der Waals surface area contributed by atoms with E-state index in [0.717, 1.165) is 0 Å². The molecule has 3 rings (SSSR count). The quantitative estimate of drug-likeness (QED) is 0.500. The Labute approximate surface area is 154 Å². The Hall–Kier alpha value is -2.12. The van der Waals surface area contributed by atoms with E-state index in [0.29, 0.717) is 0 Å². The maximum absolute atomic E-state index is 2.31. The molecule has 0 saturated heterocycles. The molecular weight excluding hydrogens is 316 g/mol. The van der Waals surface area contributed by atoms with Crippen molar-refractivity contribution >= 4 is 8.80 Å². The highest BCUT2D eigenvalue weighted by molar-refractivity contribution is 6.57. The summed E-state index contributed by atoms with van der Waals surface area (Å²) in [6, 6.07) is 31.0. The number of rotatable bonds is 6. The molecule has 1 heteroatoms. The highest BCUT2D eigenvalue weighted by Crippen LogP contribution is 2.15. The first kappa shape index (κ1) is 17.7. The van der Waals surface area contributed by atoms with Crippen LogP contribution in [0.25, 0.3) is 0 Å². The van der Waals surface area contributed by atoms with Gasteiger partial charge >= 0.3 is 0 Å². The molecule has 0 amide bonds. The third-order valence-corrected chi connectivity index (χ3v) is 7.45. The van der Waals surface area contributed by atoms with Gasteiger partial charge in [-0.25, -0.2) is 0 Å². The summed E-state index contributed by atoms with van der Waals surface area (Å²) < 4.78 is 0. The molecule has 3 aromatic carbocycles. The molecule has 3 aromatic rings. The van der Waals surface area contributed by atoms with Crippen LogP contribution < -0.4 is 0 Å². The molecule has 0 atom stereocenters. The third-order valence-electron chi connectivity index (χ3n) is 4.72. The van der Waals surface area contributed by atoms with Gasteiger partial charge in [0, 0.05) is 0 Å². The summed E-state index contributed by atoms with van der Waals surface area (Å²) in [5, 5.41) is 0. The molecule has 0 nitrogen and oxygen atoms in total. The van der Waals surface area contributed by atoms with Gasteiger partial charge < -0.3 is 0 Å². The van der Waals surface area contributed by atoms with Gasteiger partial charge in [-0.2, -0.15) is 0 Å². The lowest BCUT2D eigenvalue weighted by atomic mass is 10.2. The minimum absolute atomic E-state index is 0.540. The van der Waals surface area contributed by atoms with Gasteiger partial charge in [0.05, 0.1) is 8.80 Å². The topological polar surface area (TPSA) is 0 Å². The summed E-state index contributed by atoms with van der Waals surface area (Å²) in [6.07, 6.45) is 0. The van der Waals surface area contributed by atoms with Crippen LogP contribution >= 0.6 is 0 Å². The minimum atomic E-state index is -0.540. The molecular formula is C24H27Si. The van der Waals surface area contributed by atoms with Crippen molar-refractivity contribution < 1.29 is 0 Å². The molecule has 0 aromatic heterocycles. The van der Waals surface area contributed by atoms with Gasteiger partial charge in [0.2, 0.25) is 0 Å².